The normalized spacial score (nSPS) is 15.1. The van der Waals surface area contributed by atoms with Crippen molar-refractivity contribution in [1.29, 1.82) is 0 Å². The minimum Gasteiger partial charge on any atom is -0.495 e. The fourth-order valence-corrected chi connectivity index (χ4v) is 6.17. The van der Waals surface area contributed by atoms with Crippen LogP contribution < -0.4 is 25.0 Å². The first-order chi connectivity index (χ1) is 23.2. The lowest BCUT2D eigenvalue weighted by Crippen LogP contribution is -2.47. The molecule has 11 nitrogen and oxygen atoms in total. The first-order valence-corrected chi connectivity index (χ1v) is 16.6. The van der Waals surface area contributed by atoms with Crippen molar-refractivity contribution in [3.05, 3.63) is 76.9 Å². The second kappa shape index (κ2) is 18.8. The first kappa shape index (κ1) is 40.4. The van der Waals surface area contributed by atoms with E-state index in [1.165, 1.54) is 7.11 Å². The fraction of sp³-hybridized carbons (Fsp3) is 0.432. The molecule has 3 amide bonds. The molecule has 1 unspecified atom stereocenters. The molecular weight excluding hydrogens is 681 g/mol. The van der Waals surface area contributed by atoms with Crippen LogP contribution >= 0.6 is 24.8 Å². The predicted octanol–water partition coefficient (Wildman–Crippen LogP) is 5.42. The van der Waals surface area contributed by atoms with E-state index >= 15 is 0 Å². The van der Waals surface area contributed by atoms with E-state index in [0.717, 1.165) is 62.3 Å². The van der Waals surface area contributed by atoms with Crippen molar-refractivity contribution >= 4 is 59.6 Å². The van der Waals surface area contributed by atoms with Crippen LogP contribution in [0, 0.1) is 6.92 Å². The van der Waals surface area contributed by atoms with E-state index in [9.17, 15) is 19.5 Å². The van der Waals surface area contributed by atoms with Gasteiger partial charge in [-0.2, -0.15) is 0 Å². The Balaban J connectivity index is 0.00000338. The number of hydrogen-bond acceptors (Lipinski definition) is 8. The van der Waals surface area contributed by atoms with Gasteiger partial charge < -0.3 is 39.9 Å². The number of benzene rings is 3. The molecule has 3 aromatic carbocycles. The number of piperazine rings is 1. The number of rotatable bonds is 13. The van der Waals surface area contributed by atoms with Gasteiger partial charge in [-0.1, -0.05) is 12.1 Å². The van der Waals surface area contributed by atoms with E-state index in [0.29, 0.717) is 53.4 Å². The summed E-state index contributed by atoms with van der Waals surface area (Å²) in [5.74, 6) is 0.636. The minimum absolute atomic E-state index is 0. The van der Waals surface area contributed by atoms with Crippen LogP contribution in [0.15, 0.2) is 54.6 Å². The third-order valence-corrected chi connectivity index (χ3v) is 9.08. The third kappa shape index (κ3) is 9.81. The van der Waals surface area contributed by atoms with Crippen LogP contribution in [-0.2, 0) is 11.2 Å². The number of aliphatic hydroxyl groups excluding tert-OH is 1. The molecule has 0 aliphatic carbocycles. The van der Waals surface area contributed by atoms with E-state index in [1.807, 2.05) is 36.1 Å². The number of carbonyl (C=O) groups excluding carboxylic acids is 3. The first-order valence-electron chi connectivity index (χ1n) is 16.6. The molecule has 0 bridgehead atoms. The zero-order chi connectivity index (χ0) is 34.2. The highest BCUT2D eigenvalue weighted by Gasteiger charge is 2.26. The van der Waals surface area contributed by atoms with Crippen LogP contribution in [0.1, 0.15) is 57.5 Å². The molecule has 1 atom stereocenters. The summed E-state index contributed by atoms with van der Waals surface area (Å²) >= 11 is 0. The van der Waals surface area contributed by atoms with E-state index in [4.69, 9.17) is 9.47 Å². The van der Waals surface area contributed by atoms with Gasteiger partial charge in [0.2, 0.25) is 5.91 Å². The maximum atomic E-state index is 13.7. The molecule has 2 aliphatic rings. The van der Waals surface area contributed by atoms with Gasteiger partial charge in [-0.25, -0.2) is 0 Å². The van der Waals surface area contributed by atoms with Crippen molar-refractivity contribution in [3.8, 4) is 11.5 Å². The van der Waals surface area contributed by atoms with Crippen molar-refractivity contribution < 1.29 is 29.0 Å². The molecule has 3 aromatic rings. The lowest BCUT2D eigenvalue weighted by Gasteiger charge is -2.32. The number of anilines is 3. The van der Waals surface area contributed by atoms with E-state index < -0.39 is 0 Å². The number of methoxy groups -OCH3 is 1. The third-order valence-electron chi connectivity index (χ3n) is 9.08. The van der Waals surface area contributed by atoms with Crippen molar-refractivity contribution in [1.82, 2.24) is 9.80 Å². The fourth-order valence-electron chi connectivity index (χ4n) is 6.17. The number of likely N-dealkylation sites (N-methyl/N-ethyl adjacent to an activating group) is 1. The van der Waals surface area contributed by atoms with Gasteiger partial charge in [0.05, 0.1) is 37.7 Å². The molecule has 0 spiro atoms. The summed E-state index contributed by atoms with van der Waals surface area (Å²) < 4.78 is 11.8. The Morgan fingerprint density at radius 2 is 1.74 bits per heavy atom. The van der Waals surface area contributed by atoms with Crippen molar-refractivity contribution in [3.63, 3.8) is 0 Å². The summed E-state index contributed by atoms with van der Waals surface area (Å²) in [7, 11) is 5.28. The van der Waals surface area contributed by atoms with E-state index in [-0.39, 0.29) is 55.2 Å². The number of aliphatic hydroxyl groups is 1. The predicted molar refractivity (Wildman–Crippen MR) is 202 cm³/mol. The van der Waals surface area contributed by atoms with Crippen LogP contribution in [0.25, 0.3) is 0 Å². The largest absolute Gasteiger partial charge is 0.495 e. The second-order valence-corrected chi connectivity index (χ2v) is 12.6. The van der Waals surface area contributed by atoms with Crippen LogP contribution in [0.2, 0.25) is 0 Å². The number of fused-ring (bicyclic) bond motifs is 1. The summed E-state index contributed by atoms with van der Waals surface area (Å²) in [5.41, 5.74) is 4.69. The molecule has 272 valence electrons. The smallest absolute Gasteiger partial charge is 0.258 e. The van der Waals surface area contributed by atoms with E-state index in [2.05, 4.69) is 22.6 Å². The number of hydrogen-bond donors (Lipinski definition) is 3. The van der Waals surface area contributed by atoms with E-state index in [1.54, 1.807) is 42.3 Å². The van der Waals surface area contributed by atoms with Crippen molar-refractivity contribution in [2.24, 2.45) is 0 Å². The highest BCUT2D eigenvalue weighted by atomic mass is 35.5. The number of unbranched alkanes of at least 4 members (excludes halogenated alkanes) is 2. The topological polar surface area (TPSA) is 124 Å². The quantitative estimate of drug-likeness (QED) is 0.200. The number of nitrogens with one attached hydrogen (secondary N) is 2. The lowest BCUT2D eigenvalue weighted by atomic mass is 10.0. The Bertz CT molecular complexity index is 1630. The summed E-state index contributed by atoms with van der Waals surface area (Å²) in [6.07, 6.45) is 3.61. The zero-order valence-electron chi connectivity index (χ0n) is 29.2. The number of amides is 3. The second-order valence-electron chi connectivity index (χ2n) is 12.6. The molecule has 5 rings (SSSR count). The monoisotopic (exact) mass is 729 g/mol. The van der Waals surface area contributed by atoms with Gasteiger partial charge in [0.25, 0.3) is 11.8 Å². The summed E-state index contributed by atoms with van der Waals surface area (Å²) in [4.78, 5) is 45.3. The lowest BCUT2D eigenvalue weighted by molar-refractivity contribution is -0.132. The Morgan fingerprint density at radius 1 is 0.980 bits per heavy atom. The molecule has 13 heteroatoms. The van der Waals surface area contributed by atoms with Crippen LogP contribution in [-0.4, -0.2) is 99.3 Å². The van der Waals surface area contributed by atoms with Gasteiger partial charge in [0.15, 0.2) is 0 Å². The summed E-state index contributed by atoms with van der Waals surface area (Å²) in [5, 5.41) is 15.7. The Hall–Kier alpha value is -4.03. The number of carbonyl (C=O) groups is 3. The Kier molecular flexibility index (Phi) is 15.2. The Morgan fingerprint density at radius 3 is 2.46 bits per heavy atom. The molecule has 1 fully saturated rings. The zero-order valence-corrected chi connectivity index (χ0v) is 30.8. The summed E-state index contributed by atoms with van der Waals surface area (Å²) in [6.45, 7) is 5.88. The average Bonchev–Trinajstić information content (AvgIpc) is 3.53. The van der Waals surface area contributed by atoms with Gasteiger partial charge in [-0.3, -0.25) is 14.4 Å². The Labute approximate surface area is 307 Å². The van der Waals surface area contributed by atoms with Crippen molar-refractivity contribution in [2.45, 2.75) is 45.1 Å². The molecule has 3 N–H and O–H groups in total. The van der Waals surface area contributed by atoms with Crippen LogP contribution in [0.4, 0.5) is 17.1 Å². The number of halogens is 2. The van der Waals surface area contributed by atoms with Gasteiger partial charge in [0.1, 0.15) is 11.5 Å². The van der Waals surface area contributed by atoms with Crippen LogP contribution in [0.3, 0.4) is 0 Å². The number of ether oxygens (including phenoxy) is 2. The van der Waals surface area contributed by atoms with Gasteiger partial charge in [-0.05, 0) is 93.2 Å². The maximum Gasteiger partial charge on any atom is 0.258 e. The molecule has 2 heterocycles. The van der Waals surface area contributed by atoms with Gasteiger partial charge in [0, 0.05) is 56.5 Å². The highest BCUT2D eigenvalue weighted by Crippen LogP contribution is 2.33. The van der Waals surface area contributed by atoms with Crippen molar-refractivity contribution in [2.75, 3.05) is 76.1 Å². The highest BCUT2D eigenvalue weighted by molar-refractivity contribution is 6.09. The molecule has 0 saturated carbocycles. The van der Waals surface area contributed by atoms with Gasteiger partial charge in [-0.15, -0.1) is 24.8 Å². The molecule has 50 heavy (non-hydrogen) atoms. The number of nitrogens with zero attached hydrogens (tertiary/aromatic N) is 3. The van der Waals surface area contributed by atoms with Crippen LogP contribution in [0.5, 0.6) is 11.5 Å². The number of aryl methyl sites for hydroxylation is 1. The molecular formula is C37H49Cl2N5O6. The summed E-state index contributed by atoms with van der Waals surface area (Å²) in [6, 6.07) is 16.0. The standard InChI is InChI=1S/C37H47N5O6.2ClH/c1-25-12-15-32(34(21-25)48-20-7-5-6-11-35(44)42-18-16-40(2)17-19-42)41(3)37(46)26-13-14-31(33(22-26)47-4)39-36(45)28-9-8-10-30-29(28)23-27(24-43)38-30;;/h8-10,12-15,21-22,27,38,43H,5-7,11,16-20,23-24H2,1-4H3,(H,39,45);2*1H. The SMILES string of the molecule is COc1cc(C(=O)N(C)c2ccc(C)cc2OCCCCCC(=O)N2CCN(C)CC2)ccc1NC(=O)c1cccc2c1CC(CO)N2.Cl.Cl. The minimum atomic E-state index is -0.301. The molecule has 0 radical (unpaired) electrons. The average molecular weight is 731 g/mol. The van der Waals surface area contributed by atoms with Gasteiger partial charge >= 0.3 is 0 Å². The maximum absolute atomic E-state index is 13.7. The molecule has 2 aliphatic heterocycles. The molecule has 0 aromatic heterocycles. The molecule has 1 saturated heterocycles.